The molecule has 31 heavy (non-hydrogen) atoms. The van der Waals surface area contributed by atoms with E-state index in [0.717, 1.165) is 17.4 Å². The second-order valence-electron chi connectivity index (χ2n) is 7.29. The summed E-state index contributed by atoms with van der Waals surface area (Å²) in [5.74, 6) is 0.0940. The maximum absolute atomic E-state index is 13.2. The van der Waals surface area contributed by atoms with Crippen LogP contribution in [0.1, 0.15) is 34.8 Å². The minimum atomic E-state index is -4.59. The Labute approximate surface area is 179 Å². The summed E-state index contributed by atoms with van der Waals surface area (Å²) in [6, 6.07) is 12.4. The highest BCUT2D eigenvalue weighted by atomic mass is 19.4. The van der Waals surface area contributed by atoms with Crippen molar-refractivity contribution in [2.45, 2.75) is 25.9 Å². The summed E-state index contributed by atoms with van der Waals surface area (Å²) in [4.78, 5) is 28.2. The Balaban J connectivity index is 1.52. The first-order valence-electron chi connectivity index (χ1n) is 10.2. The number of piperazine rings is 1. The Bertz CT molecular complexity index is 905. The third-order valence-corrected chi connectivity index (χ3v) is 5.24. The molecule has 2 amide bonds. The fourth-order valence-corrected chi connectivity index (χ4v) is 3.57. The Morgan fingerprint density at radius 2 is 1.55 bits per heavy atom. The van der Waals surface area contributed by atoms with Crippen LogP contribution in [0.2, 0.25) is 0 Å². The van der Waals surface area contributed by atoms with Crippen LogP contribution in [0.5, 0.6) is 5.75 Å². The van der Waals surface area contributed by atoms with Crippen LogP contribution in [0, 0.1) is 0 Å². The van der Waals surface area contributed by atoms with Crippen molar-refractivity contribution in [3.8, 4) is 5.75 Å². The summed E-state index contributed by atoms with van der Waals surface area (Å²) in [5, 5.41) is 0. The summed E-state index contributed by atoms with van der Waals surface area (Å²) in [7, 11) is 0. The lowest BCUT2D eigenvalue weighted by Gasteiger charge is -2.35. The van der Waals surface area contributed by atoms with Crippen LogP contribution < -0.4 is 4.74 Å². The molecule has 0 aliphatic carbocycles. The van der Waals surface area contributed by atoms with Crippen molar-refractivity contribution in [3.05, 3.63) is 65.2 Å². The Kier molecular flexibility index (Phi) is 7.20. The Morgan fingerprint density at radius 1 is 0.935 bits per heavy atom. The second kappa shape index (κ2) is 9.85. The summed E-state index contributed by atoms with van der Waals surface area (Å²) in [5.41, 5.74) is -0.270. The van der Waals surface area contributed by atoms with Gasteiger partial charge in [0, 0.05) is 32.6 Å². The van der Waals surface area contributed by atoms with Crippen LogP contribution in [0.3, 0.4) is 0 Å². The van der Waals surface area contributed by atoms with Gasteiger partial charge in [0.1, 0.15) is 5.75 Å². The van der Waals surface area contributed by atoms with Gasteiger partial charge in [0.25, 0.3) is 5.91 Å². The highest BCUT2D eigenvalue weighted by Gasteiger charge is 2.36. The molecular formula is C23H25F3N2O3. The average molecular weight is 434 g/mol. The molecule has 2 aromatic rings. The molecule has 0 radical (unpaired) electrons. The van der Waals surface area contributed by atoms with E-state index in [-0.39, 0.29) is 24.6 Å². The number of halogens is 3. The third kappa shape index (κ3) is 5.77. The van der Waals surface area contributed by atoms with Crippen molar-refractivity contribution in [2.24, 2.45) is 0 Å². The molecule has 0 bridgehead atoms. The fraction of sp³-hybridized carbons (Fsp3) is 0.391. The van der Waals surface area contributed by atoms with Gasteiger partial charge in [-0.25, -0.2) is 0 Å². The molecule has 5 nitrogen and oxygen atoms in total. The van der Waals surface area contributed by atoms with E-state index in [0.29, 0.717) is 32.5 Å². The number of rotatable bonds is 6. The third-order valence-electron chi connectivity index (χ3n) is 5.24. The van der Waals surface area contributed by atoms with E-state index in [1.54, 1.807) is 4.90 Å². The Morgan fingerprint density at radius 3 is 2.16 bits per heavy atom. The molecule has 0 spiro atoms. The van der Waals surface area contributed by atoms with Crippen molar-refractivity contribution in [2.75, 3.05) is 32.8 Å². The Hall–Kier alpha value is -3.03. The number of nitrogens with zero attached hydrogens (tertiary/aromatic N) is 2. The van der Waals surface area contributed by atoms with Gasteiger partial charge in [-0.3, -0.25) is 9.59 Å². The number of ether oxygens (including phenoxy) is 1. The molecule has 0 N–H and O–H groups in total. The molecule has 8 heteroatoms. The molecule has 0 aromatic heterocycles. The summed E-state index contributed by atoms with van der Waals surface area (Å²) in [6.07, 6.45) is -3.67. The van der Waals surface area contributed by atoms with Crippen molar-refractivity contribution in [1.82, 2.24) is 9.80 Å². The first-order chi connectivity index (χ1) is 14.8. The lowest BCUT2D eigenvalue weighted by molar-refractivity contribution is -0.138. The lowest BCUT2D eigenvalue weighted by Crippen LogP contribution is -2.50. The fourth-order valence-electron chi connectivity index (χ4n) is 3.57. The van der Waals surface area contributed by atoms with E-state index in [4.69, 9.17) is 4.74 Å². The van der Waals surface area contributed by atoms with Gasteiger partial charge in [-0.05, 0) is 43.2 Å². The molecule has 1 aliphatic rings. The van der Waals surface area contributed by atoms with Crippen molar-refractivity contribution >= 4 is 11.8 Å². The first-order valence-corrected chi connectivity index (χ1v) is 10.2. The first kappa shape index (κ1) is 22.7. The molecule has 0 saturated carbocycles. The predicted octanol–water partition coefficient (Wildman–Crippen LogP) is 4.02. The number of hydrogen-bond acceptors (Lipinski definition) is 3. The maximum Gasteiger partial charge on any atom is 0.417 e. The minimum absolute atomic E-state index is 0.0309. The number of amides is 2. The van der Waals surface area contributed by atoms with Gasteiger partial charge in [-0.15, -0.1) is 0 Å². The number of carbonyl (C=O) groups is 2. The lowest BCUT2D eigenvalue weighted by atomic mass is 10.1. The predicted molar refractivity (Wildman–Crippen MR) is 110 cm³/mol. The molecule has 3 rings (SSSR count). The topological polar surface area (TPSA) is 49.9 Å². The number of hydrogen-bond donors (Lipinski definition) is 0. The van der Waals surface area contributed by atoms with Crippen molar-refractivity contribution in [1.29, 1.82) is 0 Å². The molecule has 0 atom stereocenters. The zero-order valence-corrected chi connectivity index (χ0v) is 17.3. The molecular weight excluding hydrogens is 409 g/mol. The highest BCUT2D eigenvalue weighted by molar-refractivity contribution is 5.96. The molecule has 166 valence electrons. The van der Waals surface area contributed by atoms with Gasteiger partial charge in [0.15, 0.2) is 0 Å². The van der Waals surface area contributed by atoms with Crippen LogP contribution in [-0.4, -0.2) is 54.4 Å². The van der Waals surface area contributed by atoms with Gasteiger partial charge < -0.3 is 14.5 Å². The van der Waals surface area contributed by atoms with E-state index in [1.807, 2.05) is 31.2 Å². The SMILES string of the molecule is CCOc1ccc(CCC(=O)N2CCN(C(=O)c3ccccc3C(F)(F)F)CC2)cc1. The van der Waals surface area contributed by atoms with Gasteiger partial charge in [-0.1, -0.05) is 24.3 Å². The van der Waals surface area contributed by atoms with Crippen LogP contribution >= 0.6 is 0 Å². The average Bonchev–Trinajstić information content (AvgIpc) is 2.77. The van der Waals surface area contributed by atoms with Crippen LogP contribution in [-0.2, 0) is 17.4 Å². The van der Waals surface area contributed by atoms with Crippen molar-refractivity contribution in [3.63, 3.8) is 0 Å². The molecule has 1 fully saturated rings. The van der Waals surface area contributed by atoms with Gasteiger partial charge in [-0.2, -0.15) is 13.2 Å². The smallest absolute Gasteiger partial charge is 0.417 e. The monoisotopic (exact) mass is 434 g/mol. The quantitative estimate of drug-likeness (QED) is 0.690. The maximum atomic E-state index is 13.2. The molecule has 1 aliphatic heterocycles. The van der Waals surface area contributed by atoms with Crippen LogP contribution in [0.4, 0.5) is 13.2 Å². The number of aryl methyl sites for hydroxylation is 1. The van der Waals surface area contributed by atoms with Gasteiger partial charge in [0.2, 0.25) is 5.91 Å². The number of benzene rings is 2. The summed E-state index contributed by atoms with van der Waals surface area (Å²) >= 11 is 0. The van der Waals surface area contributed by atoms with E-state index < -0.39 is 17.6 Å². The van der Waals surface area contributed by atoms with E-state index in [1.165, 1.54) is 23.1 Å². The standard InChI is InChI=1S/C23H25F3N2O3/c1-2-31-18-10-7-17(8-11-18)9-12-21(29)27-13-15-28(16-14-27)22(30)19-5-3-4-6-20(19)23(24,25)26/h3-8,10-11H,2,9,12-16H2,1H3. The number of alkyl halides is 3. The van der Waals surface area contributed by atoms with E-state index >= 15 is 0 Å². The second-order valence-corrected chi connectivity index (χ2v) is 7.29. The van der Waals surface area contributed by atoms with Crippen LogP contribution in [0.15, 0.2) is 48.5 Å². The van der Waals surface area contributed by atoms with E-state index in [2.05, 4.69) is 0 Å². The zero-order valence-electron chi connectivity index (χ0n) is 17.3. The molecule has 0 unspecified atom stereocenters. The normalized spacial score (nSPS) is 14.5. The molecule has 2 aromatic carbocycles. The minimum Gasteiger partial charge on any atom is -0.494 e. The van der Waals surface area contributed by atoms with E-state index in [9.17, 15) is 22.8 Å². The number of carbonyl (C=O) groups excluding carboxylic acids is 2. The van der Waals surface area contributed by atoms with Gasteiger partial charge >= 0.3 is 6.18 Å². The van der Waals surface area contributed by atoms with Crippen LogP contribution in [0.25, 0.3) is 0 Å². The zero-order chi connectivity index (χ0) is 22.4. The molecule has 1 heterocycles. The molecule has 1 saturated heterocycles. The highest BCUT2D eigenvalue weighted by Crippen LogP contribution is 2.32. The largest absolute Gasteiger partial charge is 0.494 e. The summed E-state index contributed by atoms with van der Waals surface area (Å²) in [6.45, 7) is 3.53. The van der Waals surface area contributed by atoms with Gasteiger partial charge in [0.05, 0.1) is 17.7 Å². The van der Waals surface area contributed by atoms with Crippen molar-refractivity contribution < 1.29 is 27.5 Å². The summed E-state index contributed by atoms with van der Waals surface area (Å²) < 4.78 is 45.0.